The lowest BCUT2D eigenvalue weighted by atomic mass is 10.2. The summed E-state index contributed by atoms with van der Waals surface area (Å²) in [5, 5.41) is 15.5. The second-order valence-electron chi connectivity index (χ2n) is 6.35. The number of benzene rings is 1. The van der Waals surface area contributed by atoms with Gasteiger partial charge in [-0.05, 0) is 30.5 Å². The zero-order chi connectivity index (χ0) is 17.6. The molecule has 0 fully saturated rings. The first-order valence-electron chi connectivity index (χ1n) is 8.01. The summed E-state index contributed by atoms with van der Waals surface area (Å²) in [6.07, 6.45) is 3.53. The van der Waals surface area contributed by atoms with Crippen LogP contribution in [0.5, 0.6) is 0 Å². The van der Waals surface area contributed by atoms with Crippen molar-refractivity contribution in [3.05, 3.63) is 41.3 Å². The number of aryl methyl sites for hydroxylation is 1. The van der Waals surface area contributed by atoms with Crippen LogP contribution in [0, 0.1) is 12.8 Å². The van der Waals surface area contributed by atoms with Crippen molar-refractivity contribution in [2.75, 3.05) is 5.75 Å². The fraction of sp³-hybridized carbons (Fsp3) is 0.294. The summed E-state index contributed by atoms with van der Waals surface area (Å²) in [5.74, 6) is 1.57. The van der Waals surface area contributed by atoms with Gasteiger partial charge in [0.25, 0.3) is 0 Å². The van der Waals surface area contributed by atoms with Crippen LogP contribution in [0.3, 0.4) is 0 Å². The van der Waals surface area contributed by atoms with E-state index < -0.39 is 0 Å². The number of nitrogens with zero attached hydrogens (tertiary/aromatic N) is 6. The van der Waals surface area contributed by atoms with Crippen LogP contribution in [-0.2, 0) is 0 Å². The molecule has 0 aliphatic rings. The molecule has 0 aliphatic carbocycles. The van der Waals surface area contributed by atoms with E-state index >= 15 is 0 Å². The molecule has 128 valence electrons. The van der Waals surface area contributed by atoms with E-state index in [-0.39, 0.29) is 0 Å². The van der Waals surface area contributed by atoms with Crippen LogP contribution in [0.25, 0.3) is 22.4 Å². The van der Waals surface area contributed by atoms with E-state index in [4.69, 9.17) is 11.6 Å². The fourth-order valence-electron chi connectivity index (χ4n) is 2.54. The van der Waals surface area contributed by atoms with E-state index in [1.54, 1.807) is 29.0 Å². The summed E-state index contributed by atoms with van der Waals surface area (Å²) in [7, 11) is 0. The van der Waals surface area contributed by atoms with Crippen molar-refractivity contribution in [2.24, 2.45) is 5.92 Å². The van der Waals surface area contributed by atoms with Gasteiger partial charge in [0.2, 0.25) is 0 Å². The maximum Gasteiger partial charge on any atom is 0.196 e. The highest BCUT2D eigenvalue weighted by molar-refractivity contribution is 7.99. The Morgan fingerprint density at radius 2 is 2.04 bits per heavy atom. The normalized spacial score (nSPS) is 11.9. The molecule has 0 unspecified atom stereocenters. The molecule has 6 nitrogen and oxygen atoms in total. The standard InChI is InChI=1S/C17H17ClN6S/c1-10(2)8-25-17-22-21-16-13-7-20-24(15(13)19-9-23(16)17)12-5-4-11(3)14(18)6-12/h4-7,9-10H,8H2,1-3H3. The van der Waals surface area contributed by atoms with Gasteiger partial charge in [0.15, 0.2) is 16.5 Å². The van der Waals surface area contributed by atoms with Gasteiger partial charge in [-0.2, -0.15) is 5.10 Å². The summed E-state index contributed by atoms with van der Waals surface area (Å²) in [6.45, 7) is 6.34. The molecule has 4 rings (SSSR count). The van der Waals surface area contributed by atoms with E-state index in [2.05, 4.69) is 34.1 Å². The smallest absolute Gasteiger partial charge is 0.196 e. The van der Waals surface area contributed by atoms with Crippen molar-refractivity contribution >= 4 is 40.0 Å². The van der Waals surface area contributed by atoms with E-state index in [1.807, 2.05) is 29.5 Å². The molecule has 4 aromatic rings. The van der Waals surface area contributed by atoms with Crippen LogP contribution in [0.15, 0.2) is 35.9 Å². The average molecular weight is 373 g/mol. The van der Waals surface area contributed by atoms with Crippen LogP contribution in [0.4, 0.5) is 0 Å². The summed E-state index contributed by atoms with van der Waals surface area (Å²) in [4.78, 5) is 4.58. The van der Waals surface area contributed by atoms with Gasteiger partial charge in [-0.1, -0.05) is 43.3 Å². The first kappa shape index (κ1) is 16.4. The Bertz CT molecular complexity index is 1070. The van der Waals surface area contributed by atoms with Crippen LogP contribution in [0.2, 0.25) is 5.02 Å². The third kappa shape index (κ3) is 2.87. The number of thioether (sulfide) groups is 1. The SMILES string of the molecule is Cc1ccc(-n2ncc3c2ncn2c(SCC(C)C)nnc32)cc1Cl. The van der Waals surface area contributed by atoms with E-state index in [0.717, 1.165) is 38.8 Å². The molecule has 0 saturated heterocycles. The molecule has 0 aliphatic heterocycles. The number of hydrogen-bond donors (Lipinski definition) is 0. The Labute approximate surface area is 154 Å². The van der Waals surface area contributed by atoms with Gasteiger partial charge in [0, 0.05) is 10.8 Å². The Morgan fingerprint density at radius 3 is 2.80 bits per heavy atom. The van der Waals surface area contributed by atoms with Gasteiger partial charge in [0.1, 0.15) is 6.33 Å². The predicted octanol–water partition coefficient (Wildman–Crippen LogP) is 4.17. The molecule has 0 spiro atoms. The lowest BCUT2D eigenvalue weighted by molar-refractivity contribution is 0.746. The minimum Gasteiger partial charge on any atom is -0.260 e. The number of halogens is 1. The predicted molar refractivity (Wildman–Crippen MR) is 101 cm³/mol. The second-order valence-corrected chi connectivity index (χ2v) is 7.75. The molecule has 1 aromatic carbocycles. The number of hydrogen-bond acceptors (Lipinski definition) is 5. The van der Waals surface area contributed by atoms with Crippen LogP contribution in [-0.4, -0.2) is 35.1 Å². The third-order valence-electron chi connectivity index (χ3n) is 3.89. The minimum atomic E-state index is 0.586. The molecular formula is C17H17ClN6S. The summed E-state index contributed by atoms with van der Waals surface area (Å²) >= 11 is 7.93. The molecule has 3 heterocycles. The van der Waals surface area contributed by atoms with Crippen LogP contribution in [0.1, 0.15) is 19.4 Å². The van der Waals surface area contributed by atoms with E-state index in [0.29, 0.717) is 10.9 Å². The van der Waals surface area contributed by atoms with Gasteiger partial charge in [0.05, 0.1) is 17.3 Å². The monoisotopic (exact) mass is 372 g/mol. The summed E-state index contributed by atoms with van der Waals surface area (Å²) < 4.78 is 3.69. The quantitative estimate of drug-likeness (QED) is 0.503. The molecule has 0 bridgehead atoms. The zero-order valence-corrected chi connectivity index (χ0v) is 15.7. The molecule has 8 heteroatoms. The molecule has 25 heavy (non-hydrogen) atoms. The molecule has 3 aromatic heterocycles. The largest absolute Gasteiger partial charge is 0.260 e. The lowest BCUT2D eigenvalue weighted by Crippen LogP contribution is -1.99. The Morgan fingerprint density at radius 1 is 1.20 bits per heavy atom. The van der Waals surface area contributed by atoms with Gasteiger partial charge < -0.3 is 0 Å². The van der Waals surface area contributed by atoms with Gasteiger partial charge in [-0.15, -0.1) is 10.2 Å². The van der Waals surface area contributed by atoms with Gasteiger partial charge in [-0.3, -0.25) is 4.40 Å². The molecule has 0 radical (unpaired) electrons. The van der Waals surface area contributed by atoms with Crippen molar-refractivity contribution in [1.29, 1.82) is 0 Å². The summed E-state index contributed by atoms with van der Waals surface area (Å²) in [6, 6.07) is 5.84. The maximum atomic E-state index is 6.25. The van der Waals surface area contributed by atoms with Crippen LogP contribution >= 0.6 is 23.4 Å². The zero-order valence-electron chi connectivity index (χ0n) is 14.1. The minimum absolute atomic E-state index is 0.586. The molecule has 0 atom stereocenters. The van der Waals surface area contributed by atoms with Crippen molar-refractivity contribution in [2.45, 2.75) is 25.9 Å². The third-order valence-corrected chi connectivity index (χ3v) is 5.67. The van der Waals surface area contributed by atoms with Crippen molar-refractivity contribution in [3.8, 4) is 5.69 Å². The highest BCUT2D eigenvalue weighted by Gasteiger charge is 2.15. The highest BCUT2D eigenvalue weighted by Crippen LogP contribution is 2.26. The van der Waals surface area contributed by atoms with Crippen molar-refractivity contribution in [3.63, 3.8) is 0 Å². The fourth-order valence-corrected chi connectivity index (χ4v) is 3.57. The van der Waals surface area contributed by atoms with E-state index in [9.17, 15) is 0 Å². The lowest BCUT2D eigenvalue weighted by Gasteiger charge is -2.06. The average Bonchev–Trinajstić information content (AvgIpc) is 3.18. The van der Waals surface area contributed by atoms with Gasteiger partial charge >= 0.3 is 0 Å². The van der Waals surface area contributed by atoms with Gasteiger partial charge in [-0.25, -0.2) is 9.67 Å². The topological polar surface area (TPSA) is 60.9 Å². The first-order chi connectivity index (χ1) is 12.0. The molecule has 0 amide bonds. The number of aromatic nitrogens is 6. The number of fused-ring (bicyclic) bond motifs is 3. The van der Waals surface area contributed by atoms with Crippen molar-refractivity contribution < 1.29 is 0 Å². The molecule has 0 N–H and O–H groups in total. The van der Waals surface area contributed by atoms with Crippen LogP contribution < -0.4 is 0 Å². The molecule has 0 saturated carbocycles. The second kappa shape index (κ2) is 6.31. The highest BCUT2D eigenvalue weighted by atomic mass is 35.5. The summed E-state index contributed by atoms with van der Waals surface area (Å²) in [5.41, 5.74) is 3.40. The van der Waals surface area contributed by atoms with E-state index in [1.165, 1.54) is 0 Å². The Balaban J connectivity index is 1.82. The van der Waals surface area contributed by atoms with Crippen molar-refractivity contribution in [1.82, 2.24) is 29.4 Å². The Kier molecular flexibility index (Phi) is 4.13. The number of rotatable bonds is 4. The first-order valence-corrected chi connectivity index (χ1v) is 9.37. The maximum absolute atomic E-state index is 6.25. The molecular weight excluding hydrogens is 356 g/mol. The Hall–Kier alpha value is -2.12.